The smallest absolute Gasteiger partial charge is 0.188 e. The lowest BCUT2D eigenvalue weighted by Gasteiger charge is -2.02. The molecule has 0 unspecified atom stereocenters. The van der Waals surface area contributed by atoms with Gasteiger partial charge in [0.2, 0.25) is 0 Å². The standard InChI is InChI=1S/C11H18BrNO2S/c1-3-15-6-4-5-13-8-9-7-10(12)11(14-2)16-9/h7,13H,3-6,8H2,1-2H3. The Labute approximate surface area is 109 Å². The molecule has 92 valence electrons. The quantitative estimate of drug-likeness (QED) is 0.749. The molecule has 0 aliphatic carbocycles. The Bertz CT molecular complexity index is 304. The minimum Gasteiger partial charge on any atom is -0.486 e. The maximum atomic E-state index is 5.26. The van der Waals surface area contributed by atoms with Crippen LogP contribution in [0.1, 0.15) is 18.2 Å². The minimum atomic E-state index is 0.801. The zero-order valence-corrected chi connectivity index (χ0v) is 12.1. The van der Waals surface area contributed by atoms with Gasteiger partial charge in [-0.05, 0) is 41.9 Å². The predicted molar refractivity (Wildman–Crippen MR) is 71.4 cm³/mol. The van der Waals surface area contributed by atoms with Crippen molar-refractivity contribution in [3.05, 3.63) is 15.4 Å². The van der Waals surface area contributed by atoms with Crippen LogP contribution in [0.15, 0.2) is 10.5 Å². The van der Waals surface area contributed by atoms with Gasteiger partial charge < -0.3 is 14.8 Å². The van der Waals surface area contributed by atoms with Gasteiger partial charge in [0.15, 0.2) is 5.06 Å². The van der Waals surface area contributed by atoms with E-state index in [2.05, 4.69) is 27.3 Å². The minimum absolute atomic E-state index is 0.801. The molecular formula is C11H18BrNO2S. The van der Waals surface area contributed by atoms with E-state index in [9.17, 15) is 0 Å². The van der Waals surface area contributed by atoms with Crippen LogP contribution in [-0.4, -0.2) is 26.9 Å². The van der Waals surface area contributed by atoms with Crippen molar-refractivity contribution in [1.29, 1.82) is 0 Å². The van der Waals surface area contributed by atoms with Gasteiger partial charge in [-0.3, -0.25) is 0 Å². The lowest BCUT2D eigenvalue weighted by atomic mass is 10.4. The summed E-state index contributed by atoms with van der Waals surface area (Å²) in [5, 5.41) is 4.32. The van der Waals surface area contributed by atoms with Gasteiger partial charge in [-0.1, -0.05) is 0 Å². The highest BCUT2D eigenvalue weighted by molar-refractivity contribution is 9.10. The fourth-order valence-corrected chi connectivity index (χ4v) is 2.94. The van der Waals surface area contributed by atoms with Crippen LogP contribution in [0.5, 0.6) is 5.06 Å². The molecular weight excluding hydrogens is 290 g/mol. The maximum Gasteiger partial charge on any atom is 0.188 e. The Kier molecular flexibility index (Phi) is 7.03. The topological polar surface area (TPSA) is 30.5 Å². The summed E-state index contributed by atoms with van der Waals surface area (Å²) in [5.74, 6) is 0. The number of ether oxygens (including phenoxy) is 2. The van der Waals surface area contributed by atoms with Crippen molar-refractivity contribution in [2.75, 3.05) is 26.9 Å². The zero-order valence-electron chi connectivity index (χ0n) is 9.72. The summed E-state index contributed by atoms with van der Waals surface area (Å²) in [5.41, 5.74) is 0. The molecule has 0 saturated carbocycles. The first-order valence-electron chi connectivity index (χ1n) is 5.38. The molecule has 0 radical (unpaired) electrons. The van der Waals surface area contributed by atoms with Crippen molar-refractivity contribution in [2.24, 2.45) is 0 Å². The first kappa shape index (κ1) is 14.0. The van der Waals surface area contributed by atoms with E-state index in [0.717, 1.165) is 42.3 Å². The molecule has 0 bridgehead atoms. The number of nitrogens with one attached hydrogen (secondary N) is 1. The normalized spacial score (nSPS) is 10.7. The van der Waals surface area contributed by atoms with E-state index in [1.807, 2.05) is 6.92 Å². The summed E-state index contributed by atoms with van der Waals surface area (Å²) in [7, 11) is 1.69. The number of halogens is 1. The predicted octanol–water partition coefficient (Wildman–Crippen LogP) is 3.04. The van der Waals surface area contributed by atoms with E-state index >= 15 is 0 Å². The third-order valence-electron chi connectivity index (χ3n) is 2.04. The highest BCUT2D eigenvalue weighted by Crippen LogP contribution is 2.34. The highest BCUT2D eigenvalue weighted by Gasteiger charge is 2.05. The monoisotopic (exact) mass is 307 g/mol. The third kappa shape index (κ3) is 4.82. The summed E-state index contributed by atoms with van der Waals surface area (Å²) in [6.45, 7) is 5.52. The number of rotatable bonds is 8. The molecule has 1 aromatic heterocycles. The van der Waals surface area contributed by atoms with Crippen LogP contribution in [0.4, 0.5) is 0 Å². The van der Waals surface area contributed by atoms with Crippen molar-refractivity contribution in [3.63, 3.8) is 0 Å². The van der Waals surface area contributed by atoms with Crippen LogP contribution in [0, 0.1) is 0 Å². The summed E-state index contributed by atoms with van der Waals surface area (Å²) in [6.07, 6.45) is 1.05. The van der Waals surface area contributed by atoms with Gasteiger partial charge in [-0.25, -0.2) is 0 Å². The van der Waals surface area contributed by atoms with E-state index in [1.54, 1.807) is 18.4 Å². The van der Waals surface area contributed by atoms with Crippen molar-refractivity contribution in [2.45, 2.75) is 19.9 Å². The Morgan fingerprint density at radius 1 is 1.50 bits per heavy atom. The molecule has 0 aliphatic rings. The van der Waals surface area contributed by atoms with Crippen LogP contribution in [0.2, 0.25) is 0 Å². The Hall–Kier alpha value is -0.100. The van der Waals surface area contributed by atoms with E-state index in [1.165, 1.54) is 4.88 Å². The average Bonchev–Trinajstić information content (AvgIpc) is 2.64. The number of thiophene rings is 1. The fraction of sp³-hybridized carbons (Fsp3) is 0.636. The van der Waals surface area contributed by atoms with Gasteiger partial charge in [0.05, 0.1) is 11.6 Å². The van der Waals surface area contributed by atoms with Gasteiger partial charge >= 0.3 is 0 Å². The second kappa shape index (κ2) is 8.06. The molecule has 0 aliphatic heterocycles. The molecule has 16 heavy (non-hydrogen) atoms. The molecule has 0 atom stereocenters. The Balaban J connectivity index is 2.16. The SMILES string of the molecule is CCOCCCNCc1cc(Br)c(OC)s1. The van der Waals surface area contributed by atoms with Crippen molar-refractivity contribution in [3.8, 4) is 5.06 Å². The number of hydrogen-bond acceptors (Lipinski definition) is 4. The third-order valence-corrected chi connectivity index (χ3v) is 3.99. The van der Waals surface area contributed by atoms with E-state index in [0.29, 0.717) is 0 Å². The molecule has 1 aromatic rings. The lowest BCUT2D eigenvalue weighted by Crippen LogP contribution is -2.15. The van der Waals surface area contributed by atoms with Crippen LogP contribution in [0.25, 0.3) is 0 Å². The van der Waals surface area contributed by atoms with Crippen molar-refractivity contribution >= 4 is 27.3 Å². The van der Waals surface area contributed by atoms with Gasteiger partial charge in [0.1, 0.15) is 0 Å². The Morgan fingerprint density at radius 3 is 2.94 bits per heavy atom. The van der Waals surface area contributed by atoms with Crippen molar-refractivity contribution in [1.82, 2.24) is 5.32 Å². The average molecular weight is 308 g/mol. The molecule has 0 amide bonds. The summed E-state index contributed by atoms with van der Waals surface area (Å²) < 4.78 is 11.5. The maximum absolute atomic E-state index is 5.26. The summed E-state index contributed by atoms with van der Waals surface area (Å²) >= 11 is 5.12. The molecule has 1 heterocycles. The van der Waals surface area contributed by atoms with Crippen LogP contribution < -0.4 is 10.1 Å². The van der Waals surface area contributed by atoms with E-state index < -0.39 is 0 Å². The van der Waals surface area contributed by atoms with E-state index in [4.69, 9.17) is 9.47 Å². The van der Waals surface area contributed by atoms with Crippen molar-refractivity contribution < 1.29 is 9.47 Å². The largest absolute Gasteiger partial charge is 0.486 e. The van der Waals surface area contributed by atoms with E-state index in [-0.39, 0.29) is 0 Å². The summed E-state index contributed by atoms with van der Waals surface area (Å²) in [6, 6.07) is 2.10. The van der Waals surface area contributed by atoms with Gasteiger partial charge in [0.25, 0.3) is 0 Å². The van der Waals surface area contributed by atoms with Gasteiger partial charge in [0, 0.05) is 24.6 Å². The number of hydrogen-bond donors (Lipinski definition) is 1. The first-order chi connectivity index (χ1) is 7.77. The fourth-order valence-electron chi connectivity index (χ4n) is 1.28. The molecule has 0 saturated heterocycles. The second-order valence-corrected chi connectivity index (χ2v) is 5.23. The molecule has 5 heteroatoms. The lowest BCUT2D eigenvalue weighted by molar-refractivity contribution is 0.144. The molecule has 0 spiro atoms. The van der Waals surface area contributed by atoms with Crippen LogP contribution in [0.3, 0.4) is 0 Å². The van der Waals surface area contributed by atoms with Gasteiger partial charge in [-0.2, -0.15) is 0 Å². The zero-order chi connectivity index (χ0) is 11.8. The van der Waals surface area contributed by atoms with Gasteiger partial charge in [-0.15, -0.1) is 11.3 Å². The molecule has 3 nitrogen and oxygen atoms in total. The summed E-state index contributed by atoms with van der Waals surface area (Å²) in [4.78, 5) is 1.28. The Morgan fingerprint density at radius 2 is 2.31 bits per heavy atom. The van der Waals surface area contributed by atoms with Crippen LogP contribution in [-0.2, 0) is 11.3 Å². The highest BCUT2D eigenvalue weighted by atomic mass is 79.9. The molecule has 1 N–H and O–H groups in total. The number of methoxy groups -OCH3 is 1. The van der Waals surface area contributed by atoms with Crippen LogP contribution >= 0.6 is 27.3 Å². The molecule has 1 rings (SSSR count). The molecule has 0 fully saturated rings. The first-order valence-corrected chi connectivity index (χ1v) is 6.99. The second-order valence-electron chi connectivity index (χ2n) is 3.28. The molecule has 0 aromatic carbocycles.